The number of nitrogens with zero attached hydrogens (tertiary/aromatic N) is 5. The summed E-state index contributed by atoms with van der Waals surface area (Å²) in [6.07, 6.45) is 1.50. The van der Waals surface area contributed by atoms with E-state index in [0.717, 1.165) is 5.69 Å². The smallest absolute Gasteiger partial charge is 0.410 e. The van der Waals surface area contributed by atoms with Gasteiger partial charge in [-0.3, -0.25) is 14.4 Å². The van der Waals surface area contributed by atoms with E-state index in [9.17, 15) is 14.9 Å². The first-order valence-electron chi connectivity index (χ1n) is 8.88. The van der Waals surface area contributed by atoms with E-state index in [-0.39, 0.29) is 36.4 Å². The van der Waals surface area contributed by atoms with Crippen LogP contribution in [0.1, 0.15) is 46.7 Å². The summed E-state index contributed by atoms with van der Waals surface area (Å²) in [7, 11) is 0. The van der Waals surface area contributed by atoms with E-state index in [1.165, 1.54) is 0 Å². The van der Waals surface area contributed by atoms with Gasteiger partial charge in [0.15, 0.2) is 0 Å². The van der Waals surface area contributed by atoms with Crippen LogP contribution < -0.4 is 4.90 Å². The zero-order valence-corrected chi connectivity index (χ0v) is 15.9. The largest absolute Gasteiger partial charge is 0.444 e. The molecule has 0 radical (unpaired) electrons. The number of nitriles is 1. The summed E-state index contributed by atoms with van der Waals surface area (Å²) < 4.78 is 7.35. The molecule has 3 heterocycles. The lowest BCUT2D eigenvalue weighted by atomic mass is 10.0. The minimum atomic E-state index is -0.573. The lowest BCUT2D eigenvalue weighted by molar-refractivity contribution is -0.117. The van der Waals surface area contributed by atoms with Crippen LogP contribution in [0.3, 0.4) is 0 Å². The Morgan fingerprint density at radius 3 is 2.65 bits per heavy atom. The van der Waals surface area contributed by atoms with E-state index >= 15 is 0 Å². The topological polar surface area (TPSA) is 91.5 Å². The fourth-order valence-electron chi connectivity index (χ4n) is 3.52. The molecule has 8 nitrogen and oxygen atoms in total. The standard InChI is InChI=1S/C18H25N5O3/c1-11-9-22-15(10-21(11)17(25)26-18(3,4)5)14(8-20-22)23-12(2)13(7-19)6-16(23)24/h8,11-13H,6,9-10H2,1-5H3/t11-,12?,13?/m0/s1. The van der Waals surface area contributed by atoms with Gasteiger partial charge in [0.2, 0.25) is 5.91 Å². The fraction of sp³-hybridized carbons (Fsp3) is 0.667. The summed E-state index contributed by atoms with van der Waals surface area (Å²) >= 11 is 0. The van der Waals surface area contributed by atoms with Crippen molar-refractivity contribution in [1.82, 2.24) is 14.7 Å². The van der Waals surface area contributed by atoms with Crippen molar-refractivity contribution in [1.29, 1.82) is 5.26 Å². The monoisotopic (exact) mass is 359 g/mol. The molecular weight excluding hydrogens is 334 g/mol. The van der Waals surface area contributed by atoms with Crippen molar-refractivity contribution in [2.24, 2.45) is 5.92 Å². The Bertz CT molecular complexity index is 773. The van der Waals surface area contributed by atoms with Crippen LogP contribution in [0, 0.1) is 17.2 Å². The maximum atomic E-state index is 12.6. The number of rotatable bonds is 1. The second kappa shape index (κ2) is 6.31. The van der Waals surface area contributed by atoms with E-state index in [1.54, 1.807) is 16.0 Å². The maximum absolute atomic E-state index is 12.6. The maximum Gasteiger partial charge on any atom is 0.410 e. The highest BCUT2D eigenvalue weighted by atomic mass is 16.6. The van der Waals surface area contributed by atoms with Crippen LogP contribution in [0.2, 0.25) is 0 Å². The van der Waals surface area contributed by atoms with Gasteiger partial charge in [-0.2, -0.15) is 10.4 Å². The first kappa shape index (κ1) is 18.2. The molecule has 3 atom stereocenters. The van der Waals surface area contributed by atoms with Gasteiger partial charge < -0.3 is 9.64 Å². The lowest BCUT2D eigenvalue weighted by Crippen LogP contribution is -2.47. The molecule has 0 spiro atoms. The summed E-state index contributed by atoms with van der Waals surface area (Å²) in [6.45, 7) is 10.2. The minimum Gasteiger partial charge on any atom is -0.444 e. The molecule has 0 bridgehead atoms. The van der Waals surface area contributed by atoms with Crippen LogP contribution in [0.25, 0.3) is 0 Å². The molecule has 2 aliphatic rings. The molecular formula is C18H25N5O3. The van der Waals surface area contributed by atoms with Gasteiger partial charge in [-0.25, -0.2) is 4.79 Å². The number of carbonyl (C=O) groups excluding carboxylic acids is 2. The summed E-state index contributed by atoms with van der Waals surface area (Å²) in [5.41, 5.74) is 0.907. The average Bonchev–Trinajstić information content (AvgIpc) is 3.04. The van der Waals surface area contributed by atoms with Crippen LogP contribution in [0.5, 0.6) is 0 Å². The van der Waals surface area contributed by atoms with Crippen LogP contribution in [0.15, 0.2) is 6.20 Å². The molecule has 0 aliphatic carbocycles. The Morgan fingerprint density at radius 2 is 2.08 bits per heavy atom. The molecule has 1 aromatic heterocycles. The minimum absolute atomic E-state index is 0.0661. The highest BCUT2D eigenvalue weighted by Gasteiger charge is 2.41. The molecule has 0 N–H and O–H groups in total. The molecule has 140 valence electrons. The quantitative estimate of drug-likeness (QED) is 0.767. The number of ether oxygens (including phenoxy) is 1. The Hall–Kier alpha value is -2.56. The van der Waals surface area contributed by atoms with Crippen molar-refractivity contribution in [3.8, 4) is 6.07 Å². The zero-order chi connectivity index (χ0) is 19.2. The van der Waals surface area contributed by atoms with Gasteiger partial charge in [0.25, 0.3) is 0 Å². The van der Waals surface area contributed by atoms with Gasteiger partial charge in [-0.15, -0.1) is 0 Å². The van der Waals surface area contributed by atoms with E-state index in [0.29, 0.717) is 18.8 Å². The predicted molar refractivity (Wildman–Crippen MR) is 94.1 cm³/mol. The SMILES string of the molecule is CC1C(C#N)CC(=O)N1c1cnn2c1CN(C(=O)OC(C)(C)C)[C@@H](C)C2. The van der Waals surface area contributed by atoms with E-state index in [2.05, 4.69) is 11.2 Å². The van der Waals surface area contributed by atoms with Crippen molar-refractivity contribution in [2.75, 3.05) is 4.90 Å². The van der Waals surface area contributed by atoms with Crippen LogP contribution >= 0.6 is 0 Å². The molecule has 26 heavy (non-hydrogen) atoms. The third-order valence-electron chi connectivity index (χ3n) is 4.92. The Labute approximate surface area is 153 Å². The number of carbonyl (C=O) groups is 2. The molecule has 2 unspecified atom stereocenters. The van der Waals surface area contributed by atoms with Gasteiger partial charge in [0, 0.05) is 6.42 Å². The molecule has 1 fully saturated rings. The number of anilines is 1. The summed E-state index contributed by atoms with van der Waals surface area (Å²) in [6, 6.07) is 1.92. The molecule has 8 heteroatoms. The van der Waals surface area contributed by atoms with Crippen molar-refractivity contribution in [3.05, 3.63) is 11.9 Å². The Morgan fingerprint density at radius 1 is 1.38 bits per heavy atom. The first-order valence-corrected chi connectivity index (χ1v) is 8.88. The Balaban J connectivity index is 1.89. The summed E-state index contributed by atoms with van der Waals surface area (Å²) in [4.78, 5) is 28.3. The second-order valence-electron chi connectivity index (χ2n) is 8.06. The van der Waals surface area contributed by atoms with Gasteiger partial charge in [0.1, 0.15) is 5.60 Å². The number of hydrogen-bond donors (Lipinski definition) is 0. The predicted octanol–water partition coefficient (Wildman–Crippen LogP) is 2.29. The van der Waals surface area contributed by atoms with Crippen molar-refractivity contribution in [3.63, 3.8) is 0 Å². The normalized spacial score (nSPS) is 25.8. The van der Waals surface area contributed by atoms with Crippen LogP contribution in [0.4, 0.5) is 10.5 Å². The van der Waals surface area contributed by atoms with E-state index in [4.69, 9.17) is 4.74 Å². The van der Waals surface area contributed by atoms with E-state index in [1.807, 2.05) is 39.3 Å². The molecule has 2 aliphatic heterocycles. The highest BCUT2D eigenvalue weighted by molar-refractivity contribution is 5.97. The van der Waals surface area contributed by atoms with Crippen molar-refractivity contribution < 1.29 is 14.3 Å². The molecule has 2 amide bonds. The van der Waals surface area contributed by atoms with Gasteiger partial charge in [0.05, 0.1) is 54.7 Å². The van der Waals surface area contributed by atoms with Crippen molar-refractivity contribution >= 4 is 17.7 Å². The fourth-order valence-corrected chi connectivity index (χ4v) is 3.52. The van der Waals surface area contributed by atoms with Gasteiger partial charge in [-0.05, 0) is 34.6 Å². The second-order valence-corrected chi connectivity index (χ2v) is 8.06. The van der Waals surface area contributed by atoms with Gasteiger partial charge >= 0.3 is 6.09 Å². The number of hydrogen-bond acceptors (Lipinski definition) is 5. The molecule has 0 saturated carbocycles. The first-order chi connectivity index (χ1) is 12.1. The van der Waals surface area contributed by atoms with Gasteiger partial charge in [-0.1, -0.05) is 0 Å². The summed E-state index contributed by atoms with van der Waals surface area (Å²) in [5.74, 6) is -0.412. The number of fused-ring (bicyclic) bond motifs is 1. The highest BCUT2D eigenvalue weighted by Crippen LogP contribution is 2.35. The van der Waals surface area contributed by atoms with Crippen molar-refractivity contribution in [2.45, 2.75) is 71.8 Å². The average molecular weight is 359 g/mol. The van der Waals surface area contributed by atoms with Crippen LogP contribution in [-0.2, 0) is 22.6 Å². The molecule has 0 aromatic carbocycles. The molecule has 1 saturated heterocycles. The third-order valence-corrected chi connectivity index (χ3v) is 4.92. The zero-order valence-electron chi connectivity index (χ0n) is 15.9. The third kappa shape index (κ3) is 3.14. The van der Waals surface area contributed by atoms with E-state index < -0.39 is 5.60 Å². The lowest BCUT2D eigenvalue weighted by Gasteiger charge is -2.36. The Kier molecular flexibility index (Phi) is 4.42. The number of aromatic nitrogens is 2. The summed E-state index contributed by atoms with van der Waals surface area (Å²) in [5, 5.41) is 13.6. The number of amides is 2. The van der Waals surface area contributed by atoms with Crippen LogP contribution in [-0.4, -0.2) is 44.4 Å². The molecule has 3 rings (SSSR count). The molecule has 1 aromatic rings.